The van der Waals surface area contributed by atoms with Gasteiger partial charge in [-0.05, 0) is 67.6 Å². The van der Waals surface area contributed by atoms with Crippen LogP contribution in [0.1, 0.15) is 72.6 Å². The first-order valence-electron chi connectivity index (χ1n) is 8.69. The molecular weight excluding hydrogens is 248 g/mol. The number of hydrogen-bond acceptors (Lipinski definition) is 2. The molecule has 0 aliphatic heterocycles. The standard InChI is InChI=1S/C18H32O2/c1-5-20-18(19)9-6-7-13(12-18)15-11-14-8-10-17(15,4)16(14,2)3/h13-15,19H,5-12H2,1-4H3/t13?,14-,15+,17+,18?/m0/s1. The molecule has 0 spiro atoms. The van der Waals surface area contributed by atoms with E-state index in [0.29, 0.717) is 23.4 Å². The summed E-state index contributed by atoms with van der Waals surface area (Å²) in [4.78, 5) is 0. The Bertz CT molecular complexity index is 374. The number of aliphatic hydroxyl groups is 1. The molecule has 3 rings (SSSR count). The van der Waals surface area contributed by atoms with Gasteiger partial charge in [-0.15, -0.1) is 0 Å². The summed E-state index contributed by atoms with van der Waals surface area (Å²) < 4.78 is 5.68. The molecule has 0 radical (unpaired) electrons. The Morgan fingerprint density at radius 1 is 1.15 bits per heavy atom. The van der Waals surface area contributed by atoms with E-state index in [1.165, 1.54) is 25.7 Å². The SMILES string of the molecule is CCOC1(O)CCCC([C@H]2C[C@@H]3CC[C@@]2(C)C3(C)C)C1. The van der Waals surface area contributed by atoms with E-state index in [4.69, 9.17) is 4.74 Å². The third-order valence-electron chi connectivity index (χ3n) is 7.57. The van der Waals surface area contributed by atoms with Crippen LogP contribution in [0.25, 0.3) is 0 Å². The van der Waals surface area contributed by atoms with E-state index in [2.05, 4.69) is 20.8 Å². The van der Waals surface area contributed by atoms with Crippen LogP contribution >= 0.6 is 0 Å². The van der Waals surface area contributed by atoms with Gasteiger partial charge < -0.3 is 9.84 Å². The predicted octanol–water partition coefficient (Wildman–Crippen LogP) is 4.36. The molecule has 2 unspecified atom stereocenters. The molecule has 0 amide bonds. The molecule has 0 aromatic rings. The summed E-state index contributed by atoms with van der Waals surface area (Å²) in [6, 6.07) is 0. The second-order valence-electron chi connectivity index (χ2n) is 8.45. The minimum atomic E-state index is -0.833. The molecule has 3 aliphatic rings. The first-order chi connectivity index (χ1) is 9.32. The molecule has 3 aliphatic carbocycles. The van der Waals surface area contributed by atoms with E-state index in [1.54, 1.807) is 0 Å². The Morgan fingerprint density at radius 2 is 1.90 bits per heavy atom. The topological polar surface area (TPSA) is 29.5 Å². The lowest BCUT2D eigenvalue weighted by atomic mass is 9.60. The fourth-order valence-corrected chi connectivity index (χ4v) is 5.98. The summed E-state index contributed by atoms with van der Waals surface area (Å²) in [5.74, 6) is 1.53. The molecule has 116 valence electrons. The Labute approximate surface area is 124 Å². The Hall–Kier alpha value is -0.0800. The highest BCUT2D eigenvalue weighted by atomic mass is 16.6. The van der Waals surface area contributed by atoms with Gasteiger partial charge in [0.25, 0.3) is 0 Å². The molecule has 0 aromatic carbocycles. The normalized spacial score (nSPS) is 50.5. The molecule has 0 aromatic heterocycles. The van der Waals surface area contributed by atoms with Crippen molar-refractivity contribution < 1.29 is 9.84 Å². The monoisotopic (exact) mass is 280 g/mol. The lowest BCUT2D eigenvalue weighted by Crippen LogP contribution is -2.44. The maximum atomic E-state index is 10.7. The lowest BCUT2D eigenvalue weighted by molar-refractivity contribution is -0.231. The van der Waals surface area contributed by atoms with Gasteiger partial charge in [0.05, 0.1) is 0 Å². The van der Waals surface area contributed by atoms with Crippen LogP contribution in [-0.2, 0) is 4.74 Å². The predicted molar refractivity (Wildman–Crippen MR) is 81.3 cm³/mol. The highest BCUT2D eigenvalue weighted by molar-refractivity contribution is 5.11. The summed E-state index contributed by atoms with van der Waals surface area (Å²) in [5.41, 5.74) is 0.964. The Balaban J connectivity index is 1.78. The first kappa shape index (κ1) is 14.8. The summed E-state index contributed by atoms with van der Waals surface area (Å²) >= 11 is 0. The third kappa shape index (κ3) is 1.98. The molecule has 2 bridgehead atoms. The quantitative estimate of drug-likeness (QED) is 0.778. The first-order valence-corrected chi connectivity index (χ1v) is 8.69. The van der Waals surface area contributed by atoms with Gasteiger partial charge in [-0.1, -0.05) is 20.8 Å². The zero-order valence-electron chi connectivity index (χ0n) is 13.7. The average molecular weight is 280 g/mol. The van der Waals surface area contributed by atoms with Crippen LogP contribution in [0.2, 0.25) is 0 Å². The van der Waals surface area contributed by atoms with Crippen molar-refractivity contribution in [2.24, 2.45) is 28.6 Å². The molecule has 0 saturated heterocycles. The highest BCUT2D eigenvalue weighted by Gasteiger charge is 2.63. The Morgan fingerprint density at radius 3 is 2.45 bits per heavy atom. The van der Waals surface area contributed by atoms with Crippen molar-refractivity contribution in [3.63, 3.8) is 0 Å². The van der Waals surface area contributed by atoms with Crippen LogP contribution in [0.15, 0.2) is 0 Å². The zero-order chi connectivity index (χ0) is 14.6. The van der Waals surface area contributed by atoms with E-state index in [0.717, 1.165) is 31.1 Å². The van der Waals surface area contributed by atoms with Crippen molar-refractivity contribution in [3.8, 4) is 0 Å². The maximum absolute atomic E-state index is 10.7. The molecular formula is C18H32O2. The minimum Gasteiger partial charge on any atom is -0.365 e. The average Bonchev–Trinajstić information content (AvgIpc) is 2.71. The number of ether oxygens (including phenoxy) is 1. The molecule has 20 heavy (non-hydrogen) atoms. The van der Waals surface area contributed by atoms with Crippen LogP contribution < -0.4 is 0 Å². The number of rotatable bonds is 3. The molecule has 2 nitrogen and oxygen atoms in total. The van der Waals surface area contributed by atoms with Gasteiger partial charge >= 0.3 is 0 Å². The molecule has 2 heteroatoms. The van der Waals surface area contributed by atoms with Gasteiger partial charge in [-0.3, -0.25) is 0 Å². The van der Waals surface area contributed by atoms with Crippen molar-refractivity contribution in [2.75, 3.05) is 6.61 Å². The van der Waals surface area contributed by atoms with Crippen LogP contribution in [0.4, 0.5) is 0 Å². The van der Waals surface area contributed by atoms with Crippen LogP contribution in [0.3, 0.4) is 0 Å². The van der Waals surface area contributed by atoms with Crippen molar-refractivity contribution in [2.45, 2.75) is 78.4 Å². The highest BCUT2D eigenvalue weighted by Crippen LogP contribution is 2.70. The minimum absolute atomic E-state index is 0.479. The Kier molecular flexibility index (Phi) is 3.49. The van der Waals surface area contributed by atoms with E-state index in [9.17, 15) is 5.11 Å². The van der Waals surface area contributed by atoms with Gasteiger partial charge in [-0.25, -0.2) is 0 Å². The van der Waals surface area contributed by atoms with Crippen molar-refractivity contribution in [1.82, 2.24) is 0 Å². The number of fused-ring (bicyclic) bond motifs is 2. The van der Waals surface area contributed by atoms with E-state index in [-0.39, 0.29) is 0 Å². The van der Waals surface area contributed by atoms with Crippen LogP contribution in [0.5, 0.6) is 0 Å². The fourth-order valence-electron chi connectivity index (χ4n) is 5.98. The van der Waals surface area contributed by atoms with Gasteiger partial charge in [0.15, 0.2) is 5.79 Å². The largest absolute Gasteiger partial charge is 0.365 e. The third-order valence-corrected chi connectivity index (χ3v) is 7.57. The maximum Gasteiger partial charge on any atom is 0.165 e. The second-order valence-corrected chi connectivity index (χ2v) is 8.45. The fraction of sp³-hybridized carbons (Fsp3) is 1.00. The zero-order valence-corrected chi connectivity index (χ0v) is 13.7. The summed E-state index contributed by atoms with van der Waals surface area (Å²) in [5, 5.41) is 10.7. The molecule has 3 saturated carbocycles. The van der Waals surface area contributed by atoms with E-state index < -0.39 is 5.79 Å². The van der Waals surface area contributed by atoms with Gasteiger partial charge in [-0.2, -0.15) is 0 Å². The van der Waals surface area contributed by atoms with Crippen LogP contribution in [-0.4, -0.2) is 17.5 Å². The van der Waals surface area contributed by atoms with E-state index in [1.807, 2.05) is 6.92 Å². The molecule has 5 atom stereocenters. The van der Waals surface area contributed by atoms with Crippen molar-refractivity contribution in [1.29, 1.82) is 0 Å². The van der Waals surface area contributed by atoms with Crippen molar-refractivity contribution >= 4 is 0 Å². The van der Waals surface area contributed by atoms with Gasteiger partial charge in [0.1, 0.15) is 0 Å². The molecule has 1 N–H and O–H groups in total. The summed E-state index contributed by atoms with van der Waals surface area (Å²) in [7, 11) is 0. The van der Waals surface area contributed by atoms with E-state index >= 15 is 0 Å². The number of hydrogen-bond donors (Lipinski definition) is 1. The smallest absolute Gasteiger partial charge is 0.165 e. The second kappa shape index (κ2) is 4.71. The van der Waals surface area contributed by atoms with Crippen LogP contribution in [0, 0.1) is 28.6 Å². The summed E-state index contributed by atoms with van der Waals surface area (Å²) in [6.45, 7) is 10.1. The van der Waals surface area contributed by atoms with Gasteiger partial charge in [0, 0.05) is 19.4 Å². The van der Waals surface area contributed by atoms with Crippen molar-refractivity contribution in [3.05, 3.63) is 0 Å². The molecule has 3 fully saturated rings. The van der Waals surface area contributed by atoms with Gasteiger partial charge in [0.2, 0.25) is 0 Å². The molecule has 0 heterocycles. The lowest BCUT2D eigenvalue weighted by Gasteiger charge is -2.46. The summed E-state index contributed by atoms with van der Waals surface area (Å²) in [6.07, 6.45) is 8.30.